The van der Waals surface area contributed by atoms with Gasteiger partial charge in [0.25, 0.3) is 0 Å². The maximum atomic E-state index is 13.0. The highest BCUT2D eigenvalue weighted by atomic mass is 19.1. The van der Waals surface area contributed by atoms with E-state index in [1.165, 1.54) is 12.1 Å². The number of aromatic nitrogens is 2. The zero-order chi connectivity index (χ0) is 11.5. The van der Waals surface area contributed by atoms with Gasteiger partial charge in [-0.3, -0.25) is 0 Å². The fourth-order valence-electron chi connectivity index (χ4n) is 1.80. The number of hydrogen-bond donors (Lipinski definition) is 2. The molecule has 1 aromatic heterocycles. The van der Waals surface area contributed by atoms with E-state index < -0.39 is 0 Å². The highest BCUT2D eigenvalue weighted by Crippen LogP contribution is 2.21. The molecular weight excluding hydrogens is 205 g/mol. The van der Waals surface area contributed by atoms with E-state index in [-0.39, 0.29) is 5.82 Å². The minimum Gasteiger partial charge on any atom is -0.342 e. The van der Waals surface area contributed by atoms with Crippen LogP contribution in [0.25, 0.3) is 11.0 Å². The Morgan fingerprint density at radius 1 is 1.50 bits per heavy atom. The molecule has 2 rings (SSSR count). The van der Waals surface area contributed by atoms with Crippen molar-refractivity contribution in [1.82, 2.24) is 9.97 Å². The van der Waals surface area contributed by atoms with Crippen molar-refractivity contribution in [2.75, 3.05) is 6.54 Å². The Morgan fingerprint density at radius 3 is 3.06 bits per heavy atom. The molecule has 0 radical (unpaired) electrons. The first-order valence-electron chi connectivity index (χ1n) is 5.56. The first kappa shape index (κ1) is 11.1. The van der Waals surface area contributed by atoms with Crippen molar-refractivity contribution >= 4 is 11.0 Å². The van der Waals surface area contributed by atoms with Gasteiger partial charge in [0.15, 0.2) is 0 Å². The zero-order valence-electron chi connectivity index (χ0n) is 9.33. The molecule has 0 aliphatic rings. The van der Waals surface area contributed by atoms with Gasteiger partial charge in [-0.1, -0.05) is 6.92 Å². The van der Waals surface area contributed by atoms with Gasteiger partial charge < -0.3 is 10.7 Å². The SMILES string of the molecule is CC(CCCN)c1nc2ccc(F)cc2[nH]1. The van der Waals surface area contributed by atoms with Crippen molar-refractivity contribution in [1.29, 1.82) is 0 Å². The van der Waals surface area contributed by atoms with Crippen LogP contribution in [0.1, 0.15) is 31.5 Å². The minimum atomic E-state index is -0.239. The molecule has 1 aromatic carbocycles. The number of benzene rings is 1. The number of rotatable bonds is 4. The topological polar surface area (TPSA) is 54.7 Å². The first-order valence-corrected chi connectivity index (χ1v) is 5.56. The number of fused-ring (bicyclic) bond motifs is 1. The van der Waals surface area contributed by atoms with E-state index in [4.69, 9.17) is 5.73 Å². The summed E-state index contributed by atoms with van der Waals surface area (Å²) in [6.07, 6.45) is 1.98. The third-order valence-corrected chi connectivity index (χ3v) is 2.77. The van der Waals surface area contributed by atoms with E-state index in [0.29, 0.717) is 12.5 Å². The molecule has 0 saturated carbocycles. The van der Waals surface area contributed by atoms with Crippen LogP contribution >= 0.6 is 0 Å². The maximum Gasteiger partial charge on any atom is 0.125 e. The molecule has 1 atom stereocenters. The lowest BCUT2D eigenvalue weighted by atomic mass is 10.1. The van der Waals surface area contributed by atoms with E-state index in [2.05, 4.69) is 16.9 Å². The van der Waals surface area contributed by atoms with Crippen LogP contribution in [0.2, 0.25) is 0 Å². The number of imidazole rings is 1. The predicted molar refractivity (Wildman–Crippen MR) is 62.8 cm³/mol. The monoisotopic (exact) mass is 221 g/mol. The summed E-state index contributed by atoms with van der Waals surface area (Å²) in [4.78, 5) is 7.60. The van der Waals surface area contributed by atoms with Crippen molar-refractivity contribution in [3.63, 3.8) is 0 Å². The van der Waals surface area contributed by atoms with Gasteiger partial charge in [-0.05, 0) is 37.6 Å². The second-order valence-corrected chi connectivity index (χ2v) is 4.12. The van der Waals surface area contributed by atoms with Gasteiger partial charge in [-0.15, -0.1) is 0 Å². The van der Waals surface area contributed by atoms with Crippen molar-refractivity contribution in [3.8, 4) is 0 Å². The van der Waals surface area contributed by atoms with Crippen molar-refractivity contribution in [3.05, 3.63) is 29.8 Å². The molecule has 1 unspecified atom stereocenters. The van der Waals surface area contributed by atoms with Crippen LogP contribution < -0.4 is 5.73 Å². The molecule has 0 bridgehead atoms. The zero-order valence-corrected chi connectivity index (χ0v) is 9.33. The number of hydrogen-bond acceptors (Lipinski definition) is 2. The van der Waals surface area contributed by atoms with Gasteiger partial charge in [0, 0.05) is 5.92 Å². The molecule has 0 amide bonds. The lowest BCUT2D eigenvalue weighted by molar-refractivity contribution is 0.616. The summed E-state index contributed by atoms with van der Waals surface area (Å²) >= 11 is 0. The molecular formula is C12H16FN3. The molecule has 4 heteroatoms. The van der Waals surface area contributed by atoms with Crippen LogP contribution in [-0.2, 0) is 0 Å². The summed E-state index contributed by atoms with van der Waals surface area (Å²) in [6, 6.07) is 4.60. The molecule has 3 N–H and O–H groups in total. The number of nitrogens with one attached hydrogen (secondary N) is 1. The molecule has 3 nitrogen and oxygen atoms in total. The smallest absolute Gasteiger partial charge is 0.125 e. The largest absolute Gasteiger partial charge is 0.342 e. The van der Waals surface area contributed by atoms with E-state index >= 15 is 0 Å². The summed E-state index contributed by atoms with van der Waals surface area (Å²) < 4.78 is 13.0. The Morgan fingerprint density at radius 2 is 2.31 bits per heavy atom. The minimum absolute atomic E-state index is 0.239. The number of nitrogens with zero attached hydrogens (tertiary/aromatic N) is 1. The highest BCUT2D eigenvalue weighted by Gasteiger charge is 2.10. The number of halogens is 1. The molecule has 0 spiro atoms. The highest BCUT2D eigenvalue weighted by molar-refractivity contribution is 5.75. The standard InChI is InChI=1S/C12H16FN3/c1-8(3-2-6-14)12-15-10-5-4-9(13)7-11(10)16-12/h4-5,7-8H,2-3,6,14H2,1H3,(H,15,16). The molecule has 2 aromatic rings. The van der Waals surface area contributed by atoms with Crippen LogP contribution in [0, 0.1) is 5.82 Å². The molecule has 0 aliphatic heterocycles. The van der Waals surface area contributed by atoms with E-state index in [1.54, 1.807) is 6.07 Å². The van der Waals surface area contributed by atoms with E-state index in [1.807, 2.05) is 0 Å². The summed E-state index contributed by atoms with van der Waals surface area (Å²) in [6.45, 7) is 2.79. The second kappa shape index (κ2) is 4.61. The van der Waals surface area contributed by atoms with Crippen LogP contribution in [0.4, 0.5) is 4.39 Å². The Balaban J connectivity index is 2.25. The molecule has 0 fully saturated rings. The summed E-state index contributed by atoms with van der Waals surface area (Å²) in [5.74, 6) is 1.00. The fraction of sp³-hybridized carbons (Fsp3) is 0.417. The lowest BCUT2D eigenvalue weighted by Gasteiger charge is -2.06. The van der Waals surface area contributed by atoms with Crippen LogP contribution in [-0.4, -0.2) is 16.5 Å². The van der Waals surface area contributed by atoms with Gasteiger partial charge in [-0.25, -0.2) is 9.37 Å². The van der Waals surface area contributed by atoms with Gasteiger partial charge in [0.05, 0.1) is 11.0 Å². The molecule has 86 valence electrons. The van der Waals surface area contributed by atoms with Gasteiger partial charge >= 0.3 is 0 Å². The quantitative estimate of drug-likeness (QED) is 0.833. The average molecular weight is 221 g/mol. The van der Waals surface area contributed by atoms with Crippen LogP contribution in [0.5, 0.6) is 0 Å². The average Bonchev–Trinajstić information content (AvgIpc) is 2.68. The van der Waals surface area contributed by atoms with Gasteiger partial charge in [0.1, 0.15) is 11.6 Å². The Bertz CT molecular complexity index is 478. The Labute approximate surface area is 93.9 Å². The number of nitrogens with two attached hydrogens (primary N) is 1. The van der Waals surface area contributed by atoms with E-state index in [9.17, 15) is 4.39 Å². The maximum absolute atomic E-state index is 13.0. The van der Waals surface area contributed by atoms with Crippen LogP contribution in [0.3, 0.4) is 0 Å². The number of H-pyrrole nitrogens is 1. The van der Waals surface area contributed by atoms with E-state index in [0.717, 1.165) is 29.7 Å². The normalized spacial score (nSPS) is 13.2. The number of aromatic amines is 1. The molecule has 0 aliphatic carbocycles. The first-order chi connectivity index (χ1) is 7.70. The fourth-order valence-corrected chi connectivity index (χ4v) is 1.80. The van der Waals surface area contributed by atoms with Crippen molar-refractivity contribution in [2.24, 2.45) is 5.73 Å². The molecule has 1 heterocycles. The summed E-state index contributed by atoms with van der Waals surface area (Å²) in [5, 5.41) is 0. The second-order valence-electron chi connectivity index (χ2n) is 4.12. The summed E-state index contributed by atoms with van der Waals surface area (Å²) in [5.41, 5.74) is 7.04. The third kappa shape index (κ3) is 2.22. The lowest BCUT2D eigenvalue weighted by Crippen LogP contribution is -2.02. The van der Waals surface area contributed by atoms with Gasteiger partial charge in [0.2, 0.25) is 0 Å². The molecule has 16 heavy (non-hydrogen) atoms. The molecule has 0 saturated heterocycles. The van der Waals surface area contributed by atoms with Crippen molar-refractivity contribution < 1.29 is 4.39 Å². The predicted octanol–water partition coefficient (Wildman–Crippen LogP) is 2.54. The Hall–Kier alpha value is -1.42. The summed E-state index contributed by atoms with van der Waals surface area (Å²) in [7, 11) is 0. The third-order valence-electron chi connectivity index (χ3n) is 2.77. The van der Waals surface area contributed by atoms with Gasteiger partial charge in [-0.2, -0.15) is 0 Å². The van der Waals surface area contributed by atoms with Crippen molar-refractivity contribution in [2.45, 2.75) is 25.7 Å². The van der Waals surface area contributed by atoms with Crippen LogP contribution in [0.15, 0.2) is 18.2 Å². The Kier molecular flexibility index (Phi) is 3.19.